The van der Waals surface area contributed by atoms with Gasteiger partial charge in [0.15, 0.2) is 0 Å². The number of aromatic nitrogens is 3. The predicted molar refractivity (Wildman–Crippen MR) is 69.8 cm³/mol. The van der Waals surface area contributed by atoms with E-state index in [9.17, 15) is 0 Å². The second-order valence-electron chi connectivity index (χ2n) is 4.06. The number of nitrogens with zero attached hydrogens (tertiary/aromatic N) is 3. The minimum atomic E-state index is -0.286. The van der Waals surface area contributed by atoms with Gasteiger partial charge >= 0.3 is 0 Å². The summed E-state index contributed by atoms with van der Waals surface area (Å²) in [5.74, 6) is 0. The average molecular weight is 236 g/mol. The molecule has 3 rings (SSSR count). The Bertz CT molecular complexity index is 661. The van der Waals surface area contributed by atoms with Crippen molar-refractivity contribution in [1.82, 2.24) is 15.0 Å². The first kappa shape index (κ1) is 10.8. The van der Waals surface area contributed by atoms with Crippen LogP contribution in [0.15, 0.2) is 55.2 Å². The molecule has 0 aliphatic carbocycles. The lowest BCUT2D eigenvalue weighted by atomic mass is 10.00. The van der Waals surface area contributed by atoms with Crippen LogP contribution in [0.1, 0.15) is 17.3 Å². The minimum absolute atomic E-state index is 0.286. The van der Waals surface area contributed by atoms with Crippen LogP contribution in [0.5, 0.6) is 0 Å². The number of nitrogens with two attached hydrogens (primary N) is 1. The van der Waals surface area contributed by atoms with Gasteiger partial charge in [-0.3, -0.25) is 4.98 Å². The molecule has 1 atom stereocenters. The van der Waals surface area contributed by atoms with Crippen molar-refractivity contribution in [2.24, 2.45) is 5.73 Å². The van der Waals surface area contributed by atoms with Crippen LogP contribution in [0.2, 0.25) is 0 Å². The van der Waals surface area contributed by atoms with Gasteiger partial charge in [0.1, 0.15) is 6.33 Å². The fourth-order valence-corrected chi connectivity index (χ4v) is 2.03. The third-order valence-corrected chi connectivity index (χ3v) is 2.96. The highest BCUT2D eigenvalue weighted by Crippen LogP contribution is 2.24. The second kappa shape index (κ2) is 4.50. The third-order valence-electron chi connectivity index (χ3n) is 2.96. The van der Waals surface area contributed by atoms with Gasteiger partial charge in [-0.1, -0.05) is 24.3 Å². The summed E-state index contributed by atoms with van der Waals surface area (Å²) in [6.45, 7) is 0. The Morgan fingerprint density at radius 2 is 1.89 bits per heavy atom. The number of hydrogen-bond donors (Lipinski definition) is 1. The summed E-state index contributed by atoms with van der Waals surface area (Å²) < 4.78 is 0. The van der Waals surface area contributed by atoms with Gasteiger partial charge in [-0.2, -0.15) is 0 Å². The molecule has 2 heterocycles. The Morgan fingerprint density at radius 3 is 2.72 bits per heavy atom. The fourth-order valence-electron chi connectivity index (χ4n) is 2.03. The van der Waals surface area contributed by atoms with E-state index >= 15 is 0 Å². The largest absolute Gasteiger partial charge is 0.319 e. The summed E-state index contributed by atoms with van der Waals surface area (Å²) >= 11 is 0. The van der Waals surface area contributed by atoms with Crippen molar-refractivity contribution < 1.29 is 0 Å². The standard InChI is InChI=1S/C14H12N4/c15-14(13-5-6-16-9-18-13)12-8-17-7-10-3-1-2-4-11(10)12/h1-9,14H,15H2. The highest BCUT2D eigenvalue weighted by molar-refractivity contribution is 5.85. The molecule has 0 saturated heterocycles. The molecular formula is C14H12N4. The summed E-state index contributed by atoms with van der Waals surface area (Å²) in [4.78, 5) is 12.3. The van der Waals surface area contributed by atoms with Crippen molar-refractivity contribution in [1.29, 1.82) is 0 Å². The Balaban J connectivity index is 2.15. The van der Waals surface area contributed by atoms with E-state index in [1.807, 2.05) is 36.5 Å². The lowest BCUT2D eigenvalue weighted by Gasteiger charge is -2.13. The normalized spacial score (nSPS) is 12.5. The number of benzene rings is 1. The SMILES string of the molecule is NC(c1ccncn1)c1cncc2ccccc12. The molecule has 0 amide bonds. The van der Waals surface area contributed by atoms with Gasteiger partial charge in [0.25, 0.3) is 0 Å². The number of fused-ring (bicyclic) bond motifs is 1. The van der Waals surface area contributed by atoms with E-state index in [4.69, 9.17) is 5.73 Å². The first-order valence-corrected chi connectivity index (χ1v) is 5.70. The quantitative estimate of drug-likeness (QED) is 0.739. The van der Waals surface area contributed by atoms with Gasteiger partial charge in [0.05, 0.1) is 11.7 Å². The van der Waals surface area contributed by atoms with E-state index in [2.05, 4.69) is 15.0 Å². The fraction of sp³-hybridized carbons (Fsp3) is 0.0714. The van der Waals surface area contributed by atoms with E-state index in [0.29, 0.717) is 0 Å². The Labute approximate surface area is 105 Å². The Kier molecular flexibility index (Phi) is 2.70. The molecule has 3 aromatic rings. The van der Waals surface area contributed by atoms with Gasteiger partial charge in [-0.05, 0) is 11.5 Å². The molecule has 1 aromatic carbocycles. The maximum absolute atomic E-state index is 6.25. The van der Waals surface area contributed by atoms with Crippen molar-refractivity contribution in [2.75, 3.05) is 0 Å². The summed E-state index contributed by atoms with van der Waals surface area (Å²) in [5.41, 5.74) is 8.03. The predicted octanol–water partition coefficient (Wildman–Crippen LogP) is 2.07. The molecule has 0 aliphatic rings. The zero-order valence-corrected chi connectivity index (χ0v) is 9.69. The summed E-state index contributed by atoms with van der Waals surface area (Å²) in [6.07, 6.45) is 6.84. The van der Waals surface area contributed by atoms with Crippen molar-refractivity contribution in [3.05, 3.63) is 66.5 Å². The van der Waals surface area contributed by atoms with Crippen molar-refractivity contribution >= 4 is 10.8 Å². The van der Waals surface area contributed by atoms with E-state index in [1.165, 1.54) is 6.33 Å². The van der Waals surface area contributed by atoms with Gasteiger partial charge < -0.3 is 5.73 Å². The number of rotatable bonds is 2. The summed E-state index contributed by atoms with van der Waals surface area (Å²) in [5, 5.41) is 2.19. The Hall–Kier alpha value is -2.33. The van der Waals surface area contributed by atoms with E-state index in [0.717, 1.165) is 22.0 Å². The lowest BCUT2D eigenvalue weighted by molar-refractivity contribution is 0.822. The molecule has 0 aliphatic heterocycles. The first-order valence-electron chi connectivity index (χ1n) is 5.70. The molecule has 0 radical (unpaired) electrons. The van der Waals surface area contributed by atoms with E-state index in [-0.39, 0.29) is 6.04 Å². The topological polar surface area (TPSA) is 64.7 Å². The van der Waals surface area contributed by atoms with Gasteiger partial charge in [-0.15, -0.1) is 0 Å². The molecule has 18 heavy (non-hydrogen) atoms. The number of hydrogen-bond acceptors (Lipinski definition) is 4. The smallest absolute Gasteiger partial charge is 0.115 e. The molecular weight excluding hydrogens is 224 g/mol. The molecule has 0 saturated carbocycles. The van der Waals surface area contributed by atoms with Crippen LogP contribution in [0.3, 0.4) is 0 Å². The first-order chi connectivity index (χ1) is 8.86. The molecule has 0 spiro atoms. The molecule has 0 bridgehead atoms. The van der Waals surface area contributed by atoms with Crippen LogP contribution in [-0.4, -0.2) is 15.0 Å². The monoisotopic (exact) mass is 236 g/mol. The van der Waals surface area contributed by atoms with Crippen LogP contribution in [-0.2, 0) is 0 Å². The van der Waals surface area contributed by atoms with Gasteiger partial charge in [0.2, 0.25) is 0 Å². The molecule has 4 nitrogen and oxygen atoms in total. The molecule has 4 heteroatoms. The van der Waals surface area contributed by atoms with Crippen LogP contribution in [0.25, 0.3) is 10.8 Å². The van der Waals surface area contributed by atoms with Gasteiger partial charge in [0, 0.05) is 29.5 Å². The highest BCUT2D eigenvalue weighted by Gasteiger charge is 2.13. The molecule has 88 valence electrons. The maximum atomic E-state index is 6.25. The molecule has 2 N–H and O–H groups in total. The maximum Gasteiger partial charge on any atom is 0.115 e. The molecule has 0 fully saturated rings. The zero-order valence-electron chi connectivity index (χ0n) is 9.69. The van der Waals surface area contributed by atoms with E-state index in [1.54, 1.807) is 12.4 Å². The van der Waals surface area contributed by atoms with E-state index < -0.39 is 0 Å². The van der Waals surface area contributed by atoms with Crippen LogP contribution < -0.4 is 5.73 Å². The minimum Gasteiger partial charge on any atom is -0.319 e. The zero-order chi connectivity index (χ0) is 12.4. The average Bonchev–Trinajstić information content (AvgIpc) is 2.47. The molecule has 2 aromatic heterocycles. The molecule has 1 unspecified atom stereocenters. The third kappa shape index (κ3) is 1.83. The van der Waals surface area contributed by atoms with Crippen molar-refractivity contribution in [2.45, 2.75) is 6.04 Å². The highest BCUT2D eigenvalue weighted by atomic mass is 14.9. The second-order valence-corrected chi connectivity index (χ2v) is 4.06. The van der Waals surface area contributed by atoms with Crippen LogP contribution >= 0.6 is 0 Å². The van der Waals surface area contributed by atoms with Crippen LogP contribution in [0.4, 0.5) is 0 Å². The Morgan fingerprint density at radius 1 is 1.00 bits per heavy atom. The summed E-state index contributed by atoms with van der Waals surface area (Å²) in [7, 11) is 0. The lowest BCUT2D eigenvalue weighted by Crippen LogP contribution is -2.14. The van der Waals surface area contributed by atoms with Crippen molar-refractivity contribution in [3.8, 4) is 0 Å². The van der Waals surface area contributed by atoms with Gasteiger partial charge in [-0.25, -0.2) is 9.97 Å². The van der Waals surface area contributed by atoms with Crippen molar-refractivity contribution in [3.63, 3.8) is 0 Å². The summed E-state index contributed by atoms with van der Waals surface area (Å²) in [6, 6.07) is 9.60. The number of pyridine rings is 1. The van der Waals surface area contributed by atoms with Crippen LogP contribution in [0, 0.1) is 0 Å².